The second-order valence-corrected chi connectivity index (χ2v) is 10.3. The zero-order valence-corrected chi connectivity index (χ0v) is 20.6. The van der Waals surface area contributed by atoms with Crippen molar-refractivity contribution in [1.82, 2.24) is 20.0 Å². The molecular formula is C25H27N5O2S2. The molecule has 0 bridgehead atoms. The first-order chi connectivity index (χ1) is 16.6. The van der Waals surface area contributed by atoms with E-state index in [1.807, 2.05) is 19.1 Å². The van der Waals surface area contributed by atoms with Crippen molar-refractivity contribution in [3.05, 3.63) is 65.3 Å². The van der Waals surface area contributed by atoms with Crippen molar-refractivity contribution in [3.63, 3.8) is 0 Å². The maximum atomic E-state index is 11.5. The predicted molar refractivity (Wildman–Crippen MR) is 141 cm³/mol. The number of amides is 2. The first-order valence-corrected chi connectivity index (χ1v) is 12.8. The minimum Gasteiger partial charge on any atom is -0.341 e. The van der Waals surface area contributed by atoms with Crippen molar-refractivity contribution in [2.24, 2.45) is 5.92 Å². The van der Waals surface area contributed by atoms with E-state index in [0.717, 1.165) is 54.8 Å². The summed E-state index contributed by atoms with van der Waals surface area (Å²) in [7, 11) is 0. The Bertz CT molecular complexity index is 1180. The van der Waals surface area contributed by atoms with Gasteiger partial charge in [-0.05, 0) is 89.3 Å². The number of benzene rings is 2. The Hall–Kier alpha value is -2.88. The highest BCUT2D eigenvalue weighted by Gasteiger charge is 2.21. The molecule has 1 aliphatic heterocycles. The second-order valence-electron chi connectivity index (χ2n) is 8.08. The molecule has 1 fully saturated rings. The number of piperidine rings is 1. The van der Waals surface area contributed by atoms with E-state index in [4.69, 9.17) is 0 Å². The number of imide groups is 1. The average molecular weight is 494 g/mol. The number of hydrogen-bond acceptors (Lipinski definition) is 8. The number of nitrogens with zero attached hydrogens (tertiary/aromatic N) is 3. The van der Waals surface area contributed by atoms with E-state index in [1.165, 1.54) is 15.7 Å². The summed E-state index contributed by atoms with van der Waals surface area (Å²) in [6, 6.07) is 16.8. The lowest BCUT2D eigenvalue weighted by Gasteiger charge is -2.32. The van der Waals surface area contributed by atoms with Crippen LogP contribution in [-0.4, -0.2) is 41.3 Å². The molecule has 1 aliphatic rings. The van der Waals surface area contributed by atoms with Crippen LogP contribution >= 0.6 is 23.7 Å². The van der Waals surface area contributed by atoms with Crippen LogP contribution in [0, 0.1) is 5.92 Å². The fourth-order valence-electron chi connectivity index (χ4n) is 3.87. The van der Waals surface area contributed by atoms with Crippen LogP contribution < -0.4 is 14.9 Å². The van der Waals surface area contributed by atoms with Crippen molar-refractivity contribution in [1.29, 1.82) is 0 Å². The normalized spacial score (nSPS) is 14.9. The summed E-state index contributed by atoms with van der Waals surface area (Å²) in [4.78, 5) is 35.2. The Labute approximate surface area is 207 Å². The fraction of sp³-hybridized carbons (Fsp3) is 0.280. The third-order valence-corrected chi connectivity index (χ3v) is 7.17. The third kappa shape index (κ3) is 6.82. The van der Waals surface area contributed by atoms with Crippen LogP contribution in [0.15, 0.2) is 64.5 Å². The quantitative estimate of drug-likeness (QED) is 0.331. The molecule has 7 nitrogen and oxygen atoms in total. The number of hydrogen-bond donors (Lipinski definition) is 2. The maximum absolute atomic E-state index is 11.5. The highest BCUT2D eigenvalue weighted by atomic mass is 32.2. The van der Waals surface area contributed by atoms with E-state index in [1.54, 1.807) is 18.1 Å². The molecule has 3 aromatic rings. The van der Waals surface area contributed by atoms with E-state index in [9.17, 15) is 9.59 Å². The number of carbonyl (C=O) groups is 2. The fourth-order valence-corrected chi connectivity index (χ4v) is 5.25. The molecule has 0 aliphatic carbocycles. The van der Waals surface area contributed by atoms with Gasteiger partial charge in [-0.2, -0.15) is 0 Å². The smallest absolute Gasteiger partial charge is 0.289 e. The van der Waals surface area contributed by atoms with Crippen LogP contribution in [0.25, 0.3) is 16.8 Å². The molecule has 2 heterocycles. The van der Waals surface area contributed by atoms with Gasteiger partial charge in [0.2, 0.25) is 12.4 Å². The number of nitrogens with one attached hydrogen (secondary N) is 2. The number of thioether (sulfide) groups is 1. The van der Waals surface area contributed by atoms with Crippen molar-refractivity contribution in [2.75, 3.05) is 24.5 Å². The van der Waals surface area contributed by atoms with Gasteiger partial charge in [0.25, 0.3) is 5.24 Å². The third-order valence-electron chi connectivity index (χ3n) is 5.63. The van der Waals surface area contributed by atoms with Gasteiger partial charge in [-0.1, -0.05) is 30.3 Å². The van der Waals surface area contributed by atoms with E-state index < -0.39 is 5.24 Å². The summed E-state index contributed by atoms with van der Waals surface area (Å²) in [5.41, 5.74) is 0.740. The summed E-state index contributed by atoms with van der Waals surface area (Å²) >= 11 is 2.66. The van der Waals surface area contributed by atoms with Gasteiger partial charge >= 0.3 is 0 Å². The number of fused-ring (bicyclic) bond motifs is 1. The molecule has 1 aromatic heterocycles. The largest absolute Gasteiger partial charge is 0.341 e. The Kier molecular flexibility index (Phi) is 8.56. The molecule has 176 valence electrons. The SMILES string of the molecule is C/C(=C/c1ccnc(N2CCC(CNSc3ccc4ccccc4c3)CC2)n1)SC(=O)NC=O. The molecule has 0 radical (unpaired) electrons. The summed E-state index contributed by atoms with van der Waals surface area (Å²) in [6.45, 7) is 4.60. The summed E-state index contributed by atoms with van der Waals surface area (Å²) in [5, 5.41) is 4.23. The molecule has 2 N–H and O–H groups in total. The molecule has 2 aromatic carbocycles. The van der Waals surface area contributed by atoms with Gasteiger partial charge in [0.15, 0.2) is 0 Å². The van der Waals surface area contributed by atoms with Gasteiger partial charge in [-0.15, -0.1) is 0 Å². The standard InChI is InChI=1S/C25H27N5O2S2/c1-18(33-25(32)27-17-31)14-22-8-11-26-24(29-22)30-12-9-19(10-13-30)16-28-34-23-7-6-20-4-2-3-5-21(20)15-23/h2-8,11,14-15,17,19,28H,9-10,12-13,16H2,1H3,(H,27,31,32)/b18-14-. The Morgan fingerprint density at radius 1 is 1.15 bits per heavy atom. The Balaban J connectivity index is 1.25. The van der Waals surface area contributed by atoms with Crippen molar-refractivity contribution >= 4 is 58.2 Å². The molecule has 2 amide bonds. The zero-order valence-electron chi connectivity index (χ0n) is 18.9. The monoisotopic (exact) mass is 493 g/mol. The van der Waals surface area contributed by atoms with Crippen LogP contribution in [0.1, 0.15) is 25.5 Å². The number of rotatable bonds is 8. The van der Waals surface area contributed by atoms with Crippen LogP contribution in [0.5, 0.6) is 0 Å². The van der Waals surface area contributed by atoms with Gasteiger partial charge in [-0.25, -0.2) is 9.97 Å². The Morgan fingerprint density at radius 3 is 2.74 bits per heavy atom. The second kappa shape index (κ2) is 12.0. The summed E-state index contributed by atoms with van der Waals surface area (Å²) in [6.07, 6.45) is 6.10. The molecule has 34 heavy (non-hydrogen) atoms. The number of aromatic nitrogens is 2. The van der Waals surface area contributed by atoms with Gasteiger partial charge in [0, 0.05) is 30.7 Å². The Morgan fingerprint density at radius 2 is 1.94 bits per heavy atom. The maximum Gasteiger partial charge on any atom is 0.289 e. The summed E-state index contributed by atoms with van der Waals surface area (Å²) in [5.74, 6) is 1.32. The lowest BCUT2D eigenvalue weighted by atomic mass is 9.97. The van der Waals surface area contributed by atoms with Crippen LogP contribution in [0.2, 0.25) is 0 Å². The molecule has 0 spiro atoms. The molecule has 1 saturated heterocycles. The number of anilines is 1. The highest BCUT2D eigenvalue weighted by Crippen LogP contribution is 2.25. The average Bonchev–Trinajstić information content (AvgIpc) is 2.84. The lowest BCUT2D eigenvalue weighted by Crippen LogP contribution is -2.37. The molecule has 4 rings (SSSR count). The topological polar surface area (TPSA) is 87.2 Å². The van der Waals surface area contributed by atoms with Crippen LogP contribution in [-0.2, 0) is 4.79 Å². The lowest BCUT2D eigenvalue weighted by molar-refractivity contribution is -0.108. The van der Waals surface area contributed by atoms with Crippen LogP contribution in [0.3, 0.4) is 0 Å². The highest BCUT2D eigenvalue weighted by molar-refractivity contribution is 8.17. The zero-order chi connectivity index (χ0) is 23.8. The molecule has 0 saturated carbocycles. The number of carbonyl (C=O) groups excluding carboxylic acids is 2. The van der Waals surface area contributed by atoms with Crippen molar-refractivity contribution in [2.45, 2.75) is 24.7 Å². The molecular weight excluding hydrogens is 466 g/mol. The first kappa shape index (κ1) is 24.3. The van der Waals surface area contributed by atoms with E-state index in [2.05, 4.69) is 67.4 Å². The van der Waals surface area contributed by atoms with E-state index in [-0.39, 0.29) is 0 Å². The molecule has 0 unspecified atom stereocenters. The molecule has 9 heteroatoms. The summed E-state index contributed by atoms with van der Waals surface area (Å²) < 4.78 is 3.55. The number of allylic oxidation sites excluding steroid dienone is 1. The van der Waals surface area contributed by atoms with Gasteiger partial charge in [0.1, 0.15) is 0 Å². The molecule has 0 atom stereocenters. The van der Waals surface area contributed by atoms with Gasteiger partial charge in [-0.3, -0.25) is 19.6 Å². The van der Waals surface area contributed by atoms with Crippen molar-refractivity contribution < 1.29 is 9.59 Å². The predicted octanol–water partition coefficient (Wildman–Crippen LogP) is 5.10. The van der Waals surface area contributed by atoms with Gasteiger partial charge in [0.05, 0.1) is 5.69 Å². The first-order valence-electron chi connectivity index (χ1n) is 11.2. The van der Waals surface area contributed by atoms with Crippen LogP contribution in [0.4, 0.5) is 10.7 Å². The van der Waals surface area contributed by atoms with Gasteiger partial charge < -0.3 is 4.90 Å². The van der Waals surface area contributed by atoms with Crippen molar-refractivity contribution in [3.8, 4) is 0 Å². The van der Waals surface area contributed by atoms with E-state index >= 15 is 0 Å². The minimum atomic E-state index is -0.410. The minimum absolute atomic E-state index is 0.382. The van der Waals surface area contributed by atoms with E-state index in [0.29, 0.717) is 18.3 Å².